The number of carbonyl (C=O) groups is 1. The van der Waals surface area contributed by atoms with E-state index in [0.717, 1.165) is 21.7 Å². The van der Waals surface area contributed by atoms with E-state index < -0.39 is 9.84 Å². The third-order valence-corrected chi connectivity index (χ3v) is 7.32. The van der Waals surface area contributed by atoms with Gasteiger partial charge in [0.15, 0.2) is 9.84 Å². The van der Waals surface area contributed by atoms with Crippen LogP contribution in [0.25, 0.3) is 16.5 Å². The summed E-state index contributed by atoms with van der Waals surface area (Å²) in [6.07, 6.45) is 4.75. The van der Waals surface area contributed by atoms with Crippen molar-refractivity contribution in [2.24, 2.45) is 0 Å². The Labute approximate surface area is 159 Å². The molecule has 1 amide bonds. The van der Waals surface area contributed by atoms with Gasteiger partial charge in [-0.3, -0.25) is 4.79 Å². The van der Waals surface area contributed by atoms with Crippen molar-refractivity contribution >= 4 is 33.2 Å². The van der Waals surface area contributed by atoms with Gasteiger partial charge >= 0.3 is 0 Å². The minimum absolute atomic E-state index is 0.0870. The fourth-order valence-electron chi connectivity index (χ4n) is 3.18. The lowest BCUT2D eigenvalue weighted by molar-refractivity contribution is -0.127. The molecule has 1 unspecified atom stereocenters. The van der Waals surface area contributed by atoms with Gasteiger partial charge in [0.2, 0.25) is 5.91 Å². The molecule has 0 radical (unpaired) electrons. The summed E-state index contributed by atoms with van der Waals surface area (Å²) >= 11 is 1.63. The molecule has 0 spiro atoms. The average Bonchev–Trinajstić information content (AvgIpc) is 3.24. The fourth-order valence-corrected chi connectivity index (χ4v) is 5.83. The van der Waals surface area contributed by atoms with Gasteiger partial charge in [-0.15, -0.1) is 11.3 Å². The lowest BCUT2D eigenvalue weighted by Gasteiger charge is -2.26. The quantitative estimate of drug-likeness (QED) is 0.705. The molecule has 2 heterocycles. The Morgan fingerprint density at radius 1 is 1.23 bits per heavy atom. The van der Waals surface area contributed by atoms with Crippen LogP contribution in [0.3, 0.4) is 0 Å². The number of thiophene rings is 1. The summed E-state index contributed by atoms with van der Waals surface area (Å²) in [7, 11) is -3.00. The lowest BCUT2D eigenvalue weighted by atomic mass is 10.2. The molecule has 1 fully saturated rings. The maximum absolute atomic E-state index is 12.6. The fraction of sp³-hybridized carbons (Fsp3) is 0.350. The van der Waals surface area contributed by atoms with E-state index in [4.69, 9.17) is 0 Å². The molecule has 0 N–H and O–H groups in total. The van der Waals surface area contributed by atoms with Gasteiger partial charge in [0.05, 0.1) is 11.5 Å². The Balaban J connectivity index is 1.70. The normalized spacial score (nSPS) is 19.0. The van der Waals surface area contributed by atoms with Gasteiger partial charge in [-0.25, -0.2) is 8.42 Å². The van der Waals surface area contributed by atoms with Gasteiger partial charge in [0, 0.05) is 28.4 Å². The second-order valence-corrected chi connectivity index (χ2v) is 9.83. The number of hydrogen-bond donors (Lipinski definition) is 0. The van der Waals surface area contributed by atoms with Crippen LogP contribution in [-0.2, 0) is 14.6 Å². The Hall–Kier alpha value is -1.92. The van der Waals surface area contributed by atoms with Crippen LogP contribution in [0.2, 0.25) is 0 Å². The second kappa shape index (κ2) is 8.18. The van der Waals surface area contributed by atoms with Gasteiger partial charge in [0.1, 0.15) is 0 Å². The maximum atomic E-state index is 12.6. The van der Waals surface area contributed by atoms with Gasteiger partial charge in [-0.1, -0.05) is 37.3 Å². The van der Waals surface area contributed by atoms with Crippen molar-refractivity contribution in [3.8, 4) is 10.4 Å². The third kappa shape index (κ3) is 4.62. The Kier molecular flexibility index (Phi) is 5.94. The van der Waals surface area contributed by atoms with Crippen molar-refractivity contribution in [2.75, 3.05) is 18.1 Å². The maximum Gasteiger partial charge on any atom is 0.246 e. The topological polar surface area (TPSA) is 54.5 Å². The number of nitrogens with zero attached hydrogens (tertiary/aromatic N) is 1. The first kappa shape index (κ1) is 18.9. The zero-order chi connectivity index (χ0) is 18.6. The Morgan fingerprint density at radius 3 is 2.65 bits per heavy atom. The molecule has 0 aliphatic carbocycles. The van der Waals surface area contributed by atoms with Gasteiger partial charge in [-0.2, -0.15) is 0 Å². The number of carbonyl (C=O) groups excluding carboxylic acids is 1. The van der Waals surface area contributed by atoms with Crippen molar-refractivity contribution in [1.29, 1.82) is 0 Å². The summed E-state index contributed by atoms with van der Waals surface area (Å²) in [6.45, 7) is 2.59. The minimum atomic E-state index is -3.00. The molecule has 1 atom stereocenters. The first-order valence-corrected chi connectivity index (χ1v) is 11.5. The molecule has 1 aromatic heterocycles. The lowest BCUT2D eigenvalue weighted by Crippen LogP contribution is -2.40. The molecule has 3 rings (SSSR count). The largest absolute Gasteiger partial charge is 0.335 e. The van der Waals surface area contributed by atoms with Crippen LogP contribution >= 0.6 is 11.3 Å². The van der Waals surface area contributed by atoms with E-state index in [0.29, 0.717) is 13.0 Å². The predicted molar refractivity (Wildman–Crippen MR) is 108 cm³/mol. The number of benzene rings is 1. The number of amides is 1. The molecule has 0 saturated carbocycles. The smallest absolute Gasteiger partial charge is 0.246 e. The molecular formula is C20H23NO3S2. The van der Waals surface area contributed by atoms with Crippen molar-refractivity contribution in [3.63, 3.8) is 0 Å². The zero-order valence-corrected chi connectivity index (χ0v) is 16.4. The highest BCUT2D eigenvalue weighted by molar-refractivity contribution is 7.91. The predicted octanol–water partition coefficient (Wildman–Crippen LogP) is 3.85. The highest BCUT2D eigenvalue weighted by atomic mass is 32.2. The van der Waals surface area contributed by atoms with Crippen LogP contribution in [0.15, 0.2) is 48.5 Å². The van der Waals surface area contributed by atoms with E-state index in [1.807, 2.05) is 37.3 Å². The van der Waals surface area contributed by atoms with E-state index in [1.54, 1.807) is 22.3 Å². The van der Waals surface area contributed by atoms with Crippen molar-refractivity contribution in [2.45, 2.75) is 25.8 Å². The third-order valence-electron chi connectivity index (χ3n) is 4.47. The standard InChI is InChI=1S/C20H23NO3S2/c1-2-13-21(17-12-14-26(23,24)15-17)20(22)11-9-18-8-10-19(25-18)16-6-4-3-5-7-16/h3-11,17H,2,12-15H2,1H3/b11-9+. The molecule has 6 heteroatoms. The average molecular weight is 390 g/mol. The summed E-state index contributed by atoms with van der Waals surface area (Å²) in [5.41, 5.74) is 1.16. The monoisotopic (exact) mass is 389 g/mol. The minimum Gasteiger partial charge on any atom is -0.335 e. The van der Waals surface area contributed by atoms with Crippen LogP contribution < -0.4 is 0 Å². The van der Waals surface area contributed by atoms with Crippen molar-refractivity contribution in [3.05, 3.63) is 53.4 Å². The van der Waals surface area contributed by atoms with Crippen LogP contribution in [0.4, 0.5) is 0 Å². The van der Waals surface area contributed by atoms with Crippen LogP contribution in [0, 0.1) is 0 Å². The highest BCUT2D eigenvalue weighted by Gasteiger charge is 2.33. The summed E-state index contributed by atoms with van der Waals surface area (Å²) in [5.74, 6) is 0.160. The molecule has 2 aromatic rings. The van der Waals surface area contributed by atoms with Gasteiger partial charge < -0.3 is 4.90 Å². The first-order valence-electron chi connectivity index (χ1n) is 8.83. The SMILES string of the molecule is CCCN(C(=O)/C=C/c1ccc(-c2ccccc2)s1)C1CCS(=O)(=O)C1. The summed E-state index contributed by atoms with van der Waals surface area (Å²) in [4.78, 5) is 16.5. The molecule has 1 aliphatic heterocycles. The van der Waals surface area contributed by atoms with E-state index in [-0.39, 0.29) is 23.5 Å². The zero-order valence-electron chi connectivity index (χ0n) is 14.8. The molecule has 4 nitrogen and oxygen atoms in total. The number of rotatable bonds is 6. The molecule has 1 saturated heterocycles. The Bertz CT molecular complexity index is 885. The molecule has 1 aromatic carbocycles. The number of sulfone groups is 1. The van der Waals surface area contributed by atoms with Crippen LogP contribution in [0.1, 0.15) is 24.6 Å². The summed E-state index contributed by atoms with van der Waals surface area (Å²) in [5, 5.41) is 0. The molecule has 138 valence electrons. The van der Waals surface area contributed by atoms with E-state index in [1.165, 1.54) is 0 Å². The van der Waals surface area contributed by atoms with E-state index in [9.17, 15) is 13.2 Å². The summed E-state index contributed by atoms with van der Waals surface area (Å²) in [6, 6.07) is 14.0. The molecule has 26 heavy (non-hydrogen) atoms. The molecule has 0 bridgehead atoms. The second-order valence-electron chi connectivity index (χ2n) is 6.49. The number of hydrogen-bond acceptors (Lipinski definition) is 4. The molecular weight excluding hydrogens is 366 g/mol. The summed E-state index contributed by atoms with van der Waals surface area (Å²) < 4.78 is 23.5. The first-order chi connectivity index (χ1) is 12.5. The van der Waals surface area contributed by atoms with Crippen LogP contribution in [-0.4, -0.2) is 43.3 Å². The highest BCUT2D eigenvalue weighted by Crippen LogP contribution is 2.28. The van der Waals surface area contributed by atoms with E-state index in [2.05, 4.69) is 18.2 Å². The van der Waals surface area contributed by atoms with Gasteiger partial charge in [0.25, 0.3) is 0 Å². The van der Waals surface area contributed by atoms with Crippen molar-refractivity contribution < 1.29 is 13.2 Å². The van der Waals surface area contributed by atoms with Crippen LogP contribution in [0.5, 0.6) is 0 Å². The van der Waals surface area contributed by atoms with Gasteiger partial charge in [-0.05, 0) is 36.6 Å². The Morgan fingerprint density at radius 2 is 2.00 bits per heavy atom. The van der Waals surface area contributed by atoms with Crippen molar-refractivity contribution in [1.82, 2.24) is 4.90 Å². The van der Waals surface area contributed by atoms with E-state index >= 15 is 0 Å². The molecule has 1 aliphatic rings.